The minimum atomic E-state index is -4.64. The molecule has 2 atom stereocenters. The van der Waals surface area contributed by atoms with E-state index in [2.05, 4.69) is 148 Å². The van der Waals surface area contributed by atoms with E-state index in [1.54, 1.807) is 0 Å². The maximum atomic E-state index is 12.8. The Kier molecular flexibility index (Phi) is 55.0. The van der Waals surface area contributed by atoms with E-state index in [1.165, 1.54) is 70.6 Å². The van der Waals surface area contributed by atoms with Crippen LogP contribution in [0.4, 0.5) is 0 Å². The third-order valence-electron chi connectivity index (χ3n) is 12.7. The zero-order valence-corrected chi connectivity index (χ0v) is 51.2. The third kappa shape index (κ3) is 61.4. The molecule has 9 nitrogen and oxygen atoms in total. The molecule has 78 heavy (non-hydrogen) atoms. The van der Waals surface area contributed by atoms with Crippen LogP contribution >= 0.6 is 7.82 Å². The van der Waals surface area contributed by atoms with Crippen LogP contribution < -0.4 is 4.89 Å². The first kappa shape index (κ1) is 74.2. The van der Waals surface area contributed by atoms with Gasteiger partial charge in [-0.05, 0) is 116 Å². The van der Waals surface area contributed by atoms with Gasteiger partial charge in [-0.15, -0.1) is 0 Å². The van der Waals surface area contributed by atoms with E-state index in [1.807, 2.05) is 21.1 Å². The molecule has 0 amide bonds. The van der Waals surface area contributed by atoms with Gasteiger partial charge in [-0.3, -0.25) is 14.2 Å². The SMILES string of the molecule is CC/C=C\C/C=C\C/C=C\C/C=C\C/C=C\C/C=C\C/C=C\C/C=C\C/C=C\C/C=C\CCCCCCCCCCCCC(=O)OC(COC(=O)CCCCCCC/C=C\CCCCCC)COP(=O)([O-])OCC[N+](C)(C)C. The monoisotopic (exact) mass is 1100 g/mol. The van der Waals surface area contributed by atoms with Gasteiger partial charge in [-0.25, -0.2) is 0 Å². The average molecular weight is 1100 g/mol. The Balaban J connectivity index is 4.07. The van der Waals surface area contributed by atoms with Crippen molar-refractivity contribution in [1.82, 2.24) is 0 Å². The van der Waals surface area contributed by atoms with Crippen molar-refractivity contribution >= 4 is 19.8 Å². The van der Waals surface area contributed by atoms with Crippen LogP contribution in [0.1, 0.15) is 232 Å². The highest BCUT2D eigenvalue weighted by atomic mass is 31.2. The summed E-state index contributed by atoms with van der Waals surface area (Å²) >= 11 is 0. The first-order chi connectivity index (χ1) is 38.0. The Morgan fingerprint density at radius 2 is 0.731 bits per heavy atom. The topological polar surface area (TPSA) is 111 Å². The van der Waals surface area contributed by atoms with Crippen LogP contribution in [-0.2, 0) is 32.7 Å². The third-order valence-corrected chi connectivity index (χ3v) is 13.6. The Hall–Kier alpha value is -3.85. The maximum Gasteiger partial charge on any atom is 0.306 e. The number of rotatable bonds is 55. The molecule has 0 saturated carbocycles. The molecule has 0 aromatic heterocycles. The summed E-state index contributed by atoms with van der Waals surface area (Å²) in [5, 5.41) is 0. The molecule has 0 aromatic rings. The zero-order valence-electron chi connectivity index (χ0n) is 50.3. The van der Waals surface area contributed by atoms with Crippen LogP contribution in [0.5, 0.6) is 0 Å². The number of hydrogen-bond donors (Lipinski definition) is 0. The average Bonchev–Trinajstić information content (AvgIpc) is 3.40. The van der Waals surface area contributed by atoms with Crippen molar-refractivity contribution in [3.63, 3.8) is 0 Å². The van der Waals surface area contributed by atoms with Gasteiger partial charge in [0.05, 0.1) is 27.7 Å². The second-order valence-corrected chi connectivity index (χ2v) is 22.7. The summed E-state index contributed by atoms with van der Waals surface area (Å²) < 4.78 is 34.1. The molecule has 0 bridgehead atoms. The van der Waals surface area contributed by atoms with Crippen molar-refractivity contribution in [3.8, 4) is 0 Å². The van der Waals surface area contributed by atoms with E-state index in [4.69, 9.17) is 18.5 Å². The maximum absolute atomic E-state index is 12.8. The fourth-order valence-electron chi connectivity index (χ4n) is 7.91. The van der Waals surface area contributed by atoms with Crippen LogP contribution in [0.15, 0.2) is 134 Å². The lowest BCUT2D eigenvalue weighted by Crippen LogP contribution is -2.37. The molecular weight excluding hydrogens is 990 g/mol. The number of unbranched alkanes of at least 4 members (excludes halogenated alkanes) is 19. The summed E-state index contributed by atoms with van der Waals surface area (Å²) in [6.45, 7) is 4.08. The Labute approximate surface area is 479 Å². The van der Waals surface area contributed by atoms with E-state index in [0.29, 0.717) is 23.9 Å². The number of allylic oxidation sites excluding steroid dienone is 22. The molecule has 10 heteroatoms. The number of likely N-dealkylation sites (N-methyl/N-ethyl adjacent to an activating group) is 1. The predicted molar refractivity (Wildman–Crippen MR) is 332 cm³/mol. The molecular formula is C68H114NO8P. The van der Waals surface area contributed by atoms with Crippen LogP contribution in [0, 0.1) is 0 Å². The number of carbonyl (C=O) groups is 2. The molecule has 444 valence electrons. The van der Waals surface area contributed by atoms with Crippen LogP contribution in [0.3, 0.4) is 0 Å². The predicted octanol–water partition coefficient (Wildman–Crippen LogP) is 19.1. The lowest BCUT2D eigenvalue weighted by Gasteiger charge is -2.28. The number of ether oxygens (including phenoxy) is 2. The first-order valence-electron chi connectivity index (χ1n) is 30.9. The van der Waals surface area contributed by atoms with Gasteiger partial charge in [0.25, 0.3) is 7.82 Å². The Bertz CT molecular complexity index is 1780. The molecule has 2 unspecified atom stereocenters. The van der Waals surface area contributed by atoms with Gasteiger partial charge in [0.2, 0.25) is 0 Å². The van der Waals surface area contributed by atoms with Gasteiger partial charge in [0, 0.05) is 12.8 Å². The lowest BCUT2D eigenvalue weighted by molar-refractivity contribution is -0.870. The molecule has 0 N–H and O–H groups in total. The van der Waals surface area contributed by atoms with Gasteiger partial charge in [-0.1, -0.05) is 237 Å². The van der Waals surface area contributed by atoms with Crippen molar-refractivity contribution in [2.24, 2.45) is 0 Å². The van der Waals surface area contributed by atoms with Crippen molar-refractivity contribution in [2.45, 2.75) is 238 Å². The van der Waals surface area contributed by atoms with Gasteiger partial charge >= 0.3 is 11.9 Å². The fraction of sp³-hybridized carbons (Fsp3) is 0.647. The largest absolute Gasteiger partial charge is 0.756 e. The number of hydrogen-bond acceptors (Lipinski definition) is 8. The normalized spacial score (nSPS) is 14.2. The molecule has 0 aliphatic heterocycles. The number of nitrogens with zero attached hydrogens (tertiary/aromatic N) is 1. The fourth-order valence-corrected chi connectivity index (χ4v) is 8.64. The smallest absolute Gasteiger partial charge is 0.306 e. The first-order valence-corrected chi connectivity index (χ1v) is 32.4. The molecule has 0 saturated heterocycles. The molecule has 0 aromatic carbocycles. The second kappa shape index (κ2) is 57.8. The molecule has 0 fully saturated rings. The van der Waals surface area contributed by atoms with Crippen LogP contribution in [0.2, 0.25) is 0 Å². The van der Waals surface area contributed by atoms with Crippen LogP contribution in [-0.4, -0.2) is 70.0 Å². The van der Waals surface area contributed by atoms with Crippen LogP contribution in [0.25, 0.3) is 0 Å². The Morgan fingerprint density at radius 1 is 0.410 bits per heavy atom. The van der Waals surface area contributed by atoms with E-state index in [0.717, 1.165) is 122 Å². The molecule has 0 radical (unpaired) electrons. The summed E-state index contributed by atoms with van der Waals surface area (Å²) in [7, 11) is 1.14. The summed E-state index contributed by atoms with van der Waals surface area (Å²) in [5.74, 6) is -0.855. The molecule has 0 rings (SSSR count). The number of phosphoric acid groups is 1. The minimum absolute atomic E-state index is 0.0384. The number of esters is 2. The second-order valence-electron chi connectivity index (χ2n) is 21.3. The summed E-state index contributed by atoms with van der Waals surface area (Å²) in [5.41, 5.74) is 0. The quantitative estimate of drug-likeness (QED) is 0.0195. The zero-order chi connectivity index (χ0) is 57.0. The van der Waals surface area contributed by atoms with E-state index in [9.17, 15) is 19.0 Å². The summed E-state index contributed by atoms with van der Waals surface area (Å²) in [6.07, 6.45) is 83.7. The van der Waals surface area contributed by atoms with Crippen molar-refractivity contribution in [3.05, 3.63) is 134 Å². The van der Waals surface area contributed by atoms with Crippen molar-refractivity contribution in [2.75, 3.05) is 47.5 Å². The standard InChI is InChI=1S/C68H114NO8P/c1-6-8-10-12-14-16-18-20-21-22-23-24-25-26-27-28-29-30-31-32-33-34-35-36-37-38-39-40-41-42-43-44-45-46-47-49-51-53-55-57-59-61-68(71)77-66(65-76-78(72,73)75-63-62-69(3,4)5)64-74-67(70)60-58-56-54-52-50-48-19-17-15-13-11-9-7-2/h8,10,14,16-17,19-21,23-24,26-27,29-30,32-33,35-36,38-39,41-42,66H,6-7,9,11-13,15,18,22,25,28,31,34,37,40,43-65H2,1-5H3/b10-8-,16-14-,19-17-,21-20-,24-23-,27-26-,30-29-,33-32-,36-35-,39-38-,42-41-. The lowest BCUT2D eigenvalue weighted by atomic mass is 10.0. The summed E-state index contributed by atoms with van der Waals surface area (Å²) in [4.78, 5) is 37.8. The van der Waals surface area contributed by atoms with Gasteiger partial charge in [0.15, 0.2) is 6.10 Å². The van der Waals surface area contributed by atoms with Crippen molar-refractivity contribution in [1.29, 1.82) is 0 Å². The highest BCUT2D eigenvalue weighted by Crippen LogP contribution is 2.38. The van der Waals surface area contributed by atoms with E-state index >= 15 is 0 Å². The number of phosphoric ester groups is 1. The van der Waals surface area contributed by atoms with Gasteiger partial charge in [0.1, 0.15) is 19.8 Å². The number of carbonyl (C=O) groups excluding carboxylic acids is 2. The van der Waals surface area contributed by atoms with Gasteiger partial charge in [-0.2, -0.15) is 0 Å². The van der Waals surface area contributed by atoms with Crippen molar-refractivity contribution < 1.29 is 42.1 Å². The molecule has 0 aliphatic rings. The molecule has 0 aliphatic carbocycles. The Morgan fingerprint density at radius 3 is 1.10 bits per heavy atom. The number of quaternary nitrogens is 1. The molecule has 0 heterocycles. The van der Waals surface area contributed by atoms with Gasteiger partial charge < -0.3 is 27.9 Å². The van der Waals surface area contributed by atoms with E-state index in [-0.39, 0.29) is 26.1 Å². The highest BCUT2D eigenvalue weighted by molar-refractivity contribution is 7.45. The highest BCUT2D eigenvalue weighted by Gasteiger charge is 2.22. The summed E-state index contributed by atoms with van der Waals surface area (Å²) in [6, 6.07) is 0. The molecule has 0 spiro atoms. The minimum Gasteiger partial charge on any atom is -0.756 e. The van der Waals surface area contributed by atoms with E-state index < -0.39 is 32.5 Å².